The van der Waals surface area contributed by atoms with Gasteiger partial charge >= 0.3 is 6.02 Å². The molecule has 13 heavy (non-hydrogen) atoms. The van der Waals surface area contributed by atoms with E-state index >= 15 is 0 Å². The fourth-order valence-electron chi connectivity index (χ4n) is 0.508. The van der Waals surface area contributed by atoms with Crippen LogP contribution < -0.4 is 10.2 Å². The summed E-state index contributed by atoms with van der Waals surface area (Å²) in [6, 6.07) is 0.769. The van der Waals surface area contributed by atoms with Gasteiger partial charge in [-0.25, -0.2) is 9.89 Å². The Hall–Kier alpha value is -0.620. The molecule has 0 aromatic heterocycles. The van der Waals surface area contributed by atoms with Crippen molar-refractivity contribution in [1.29, 1.82) is 0 Å². The maximum absolute atomic E-state index is 8.77. The van der Waals surface area contributed by atoms with Gasteiger partial charge < -0.3 is 19.4 Å². The van der Waals surface area contributed by atoms with Crippen LogP contribution in [0.2, 0.25) is 0 Å². The topological polar surface area (TPSA) is 105 Å². The zero-order valence-corrected chi connectivity index (χ0v) is 8.91. The van der Waals surface area contributed by atoms with E-state index in [9.17, 15) is 0 Å². The summed E-state index contributed by atoms with van der Waals surface area (Å²) < 4.78 is 15.5. The molecular weight excluding hydrogens is 199 g/mol. The van der Waals surface area contributed by atoms with Crippen molar-refractivity contribution in [1.82, 2.24) is 5.32 Å². The van der Waals surface area contributed by atoms with Gasteiger partial charge in [0.2, 0.25) is 0 Å². The summed E-state index contributed by atoms with van der Waals surface area (Å²) in [6.07, 6.45) is 0. The van der Waals surface area contributed by atoms with E-state index in [0.717, 1.165) is 6.02 Å². The first kappa shape index (κ1) is 14.9. The number of methoxy groups -OCH3 is 1. The van der Waals surface area contributed by atoms with E-state index in [1.807, 2.05) is 25.7 Å². The van der Waals surface area contributed by atoms with Crippen LogP contribution >= 0.6 is 7.82 Å². The van der Waals surface area contributed by atoms with Crippen LogP contribution in [0, 0.1) is 0 Å². The highest BCUT2D eigenvalue weighted by molar-refractivity contribution is 7.43. The molecule has 0 aromatic rings. The summed E-state index contributed by atoms with van der Waals surface area (Å²) in [5, 5.41) is 2.87. The Morgan fingerprint density at radius 3 is 1.85 bits per heavy atom. The largest absolute Gasteiger partial charge is 0.756 e. The third-order valence-electron chi connectivity index (χ3n) is 0.813. The van der Waals surface area contributed by atoms with Crippen molar-refractivity contribution >= 4 is 13.8 Å². The molecule has 0 spiro atoms. The Morgan fingerprint density at radius 2 is 1.85 bits per heavy atom. The van der Waals surface area contributed by atoms with E-state index in [4.69, 9.17) is 24.0 Å². The van der Waals surface area contributed by atoms with Crippen LogP contribution in [0.3, 0.4) is 0 Å². The standard InChI is InChI=1S/C5H12N2O.H3O4P/c1-6-5(8-4)7(2)3;1-5(2,3)4/h1-4H3;(H3,1,2,3,4). The first-order valence-electron chi connectivity index (χ1n) is 3.25. The van der Waals surface area contributed by atoms with E-state index in [0.29, 0.717) is 0 Å². The van der Waals surface area contributed by atoms with Crippen molar-refractivity contribution in [3.63, 3.8) is 0 Å². The average Bonchev–Trinajstić information content (AvgIpc) is 1.85. The molecule has 0 unspecified atom stereocenters. The Balaban J connectivity index is 0. The second-order valence-electron chi connectivity index (χ2n) is 2.14. The number of hydrogen-bond acceptors (Lipinski definition) is 3. The van der Waals surface area contributed by atoms with Gasteiger partial charge in [0.1, 0.15) is 0 Å². The third kappa shape index (κ3) is 18.4. The summed E-state index contributed by atoms with van der Waals surface area (Å²) in [5.41, 5.74) is 0. The van der Waals surface area contributed by atoms with E-state index in [2.05, 4.69) is 5.32 Å². The Morgan fingerprint density at radius 1 is 1.54 bits per heavy atom. The molecule has 0 aromatic carbocycles. The predicted molar refractivity (Wildman–Crippen MR) is 45.2 cm³/mol. The first-order chi connectivity index (χ1) is 5.72. The number of nitrogens with zero attached hydrogens (tertiary/aromatic N) is 1. The fourth-order valence-corrected chi connectivity index (χ4v) is 0.508. The van der Waals surface area contributed by atoms with Crippen LogP contribution in [0.25, 0.3) is 0 Å². The smallest absolute Gasteiger partial charge is 0.443 e. The van der Waals surface area contributed by atoms with Crippen molar-refractivity contribution in [2.75, 3.05) is 28.3 Å². The lowest BCUT2D eigenvalue weighted by molar-refractivity contribution is -0.476. The Kier molecular flexibility index (Phi) is 7.84. The quantitative estimate of drug-likeness (QED) is 0.185. The van der Waals surface area contributed by atoms with Crippen molar-refractivity contribution in [2.45, 2.75) is 0 Å². The van der Waals surface area contributed by atoms with Crippen LogP contribution in [-0.2, 0) is 9.30 Å². The van der Waals surface area contributed by atoms with Gasteiger partial charge in [0, 0.05) is 0 Å². The highest BCUT2D eigenvalue weighted by atomic mass is 31.2. The lowest BCUT2D eigenvalue weighted by Crippen LogP contribution is -2.28. The molecule has 0 atom stereocenters. The molecule has 0 aliphatic heterocycles. The van der Waals surface area contributed by atoms with Crippen molar-refractivity contribution < 1.29 is 28.6 Å². The molecule has 0 saturated heterocycles. The van der Waals surface area contributed by atoms with E-state index in [1.54, 1.807) is 7.11 Å². The lowest BCUT2D eigenvalue weighted by Gasteiger charge is -2.01. The van der Waals surface area contributed by atoms with Crippen LogP contribution in [-0.4, -0.2) is 48.6 Å². The minimum absolute atomic E-state index is 0.769. The molecule has 0 saturated carbocycles. The first-order valence-corrected chi connectivity index (χ1v) is 4.78. The Labute approximate surface area is 76.9 Å². The van der Waals surface area contributed by atoms with Crippen LogP contribution in [0.5, 0.6) is 0 Å². The number of nitrogens with one attached hydrogen (secondary N) is 1. The second kappa shape index (κ2) is 6.85. The number of hydrogen-bond donors (Lipinski definition) is 3. The zero-order chi connectivity index (χ0) is 11.1. The summed E-state index contributed by atoms with van der Waals surface area (Å²) >= 11 is 0. The molecule has 3 N–H and O–H groups in total. The molecular formula is C5H15N2O5P. The SMILES string of the molecule is CNC(OC)=[N+](C)C.O=P([O-])(O)O. The number of ether oxygens (including phenoxy) is 1. The van der Waals surface area contributed by atoms with Gasteiger partial charge in [0.15, 0.2) is 0 Å². The fraction of sp³-hybridized carbons (Fsp3) is 0.800. The molecule has 0 rings (SSSR count). The molecule has 80 valence electrons. The summed E-state index contributed by atoms with van der Waals surface area (Å²) in [5.74, 6) is 0. The predicted octanol–water partition coefficient (Wildman–Crippen LogP) is -2.08. The summed E-state index contributed by atoms with van der Waals surface area (Å²) in [6.45, 7) is 0. The molecule has 0 heterocycles. The third-order valence-corrected chi connectivity index (χ3v) is 0.813. The maximum atomic E-state index is 8.77. The van der Waals surface area contributed by atoms with Gasteiger partial charge in [-0.2, -0.15) is 0 Å². The van der Waals surface area contributed by atoms with Crippen molar-refractivity contribution in [2.24, 2.45) is 0 Å². The monoisotopic (exact) mass is 214 g/mol. The van der Waals surface area contributed by atoms with Gasteiger partial charge in [-0.3, -0.25) is 4.57 Å². The molecule has 0 aliphatic rings. The van der Waals surface area contributed by atoms with Gasteiger partial charge in [-0.05, 0) is 0 Å². The van der Waals surface area contributed by atoms with E-state index < -0.39 is 7.82 Å². The van der Waals surface area contributed by atoms with Gasteiger partial charge in [0.25, 0.3) is 7.82 Å². The summed E-state index contributed by atoms with van der Waals surface area (Å²) in [7, 11) is 2.38. The number of rotatable bonds is 0. The minimum atomic E-state index is -4.89. The number of phosphoric acid groups is 1. The van der Waals surface area contributed by atoms with Crippen LogP contribution in [0.1, 0.15) is 0 Å². The van der Waals surface area contributed by atoms with Crippen LogP contribution in [0.4, 0.5) is 0 Å². The molecule has 0 bridgehead atoms. The second-order valence-corrected chi connectivity index (χ2v) is 3.13. The van der Waals surface area contributed by atoms with Crippen molar-refractivity contribution in [3.05, 3.63) is 0 Å². The molecule has 8 heteroatoms. The Bertz CT molecular complexity index is 193. The number of amidine groups is 1. The normalized spacial score (nSPS) is 9.46. The molecule has 0 fully saturated rings. The molecule has 0 aliphatic carbocycles. The summed E-state index contributed by atoms with van der Waals surface area (Å²) in [4.78, 5) is 22.9. The highest BCUT2D eigenvalue weighted by Crippen LogP contribution is 2.18. The highest BCUT2D eigenvalue weighted by Gasteiger charge is 1.99. The van der Waals surface area contributed by atoms with Gasteiger partial charge in [-0.1, -0.05) is 0 Å². The van der Waals surface area contributed by atoms with Gasteiger partial charge in [0.05, 0.1) is 28.3 Å². The van der Waals surface area contributed by atoms with Crippen molar-refractivity contribution in [3.8, 4) is 0 Å². The molecule has 0 amide bonds. The minimum Gasteiger partial charge on any atom is -0.756 e. The van der Waals surface area contributed by atoms with Crippen LogP contribution in [0.15, 0.2) is 0 Å². The maximum Gasteiger partial charge on any atom is 0.443 e. The molecule has 0 radical (unpaired) electrons. The van der Waals surface area contributed by atoms with Gasteiger partial charge in [-0.15, -0.1) is 0 Å². The van der Waals surface area contributed by atoms with E-state index in [-0.39, 0.29) is 0 Å². The molecule has 7 nitrogen and oxygen atoms in total. The average molecular weight is 214 g/mol. The van der Waals surface area contributed by atoms with E-state index in [1.165, 1.54) is 0 Å². The lowest BCUT2D eigenvalue weighted by atomic mass is 10.9. The zero-order valence-electron chi connectivity index (χ0n) is 8.01.